The second kappa shape index (κ2) is 10.2. The number of fused-ring (bicyclic) bond motifs is 1. The number of benzene rings is 2. The molecule has 0 atom stereocenters. The number of methoxy groups -OCH3 is 1. The number of sulfonamides is 1. The van der Waals surface area contributed by atoms with Crippen LogP contribution >= 0.6 is 0 Å². The molecule has 0 radical (unpaired) electrons. The average Bonchev–Trinajstić information content (AvgIpc) is 3.18. The molecule has 170 valence electrons. The summed E-state index contributed by atoms with van der Waals surface area (Å²) in [5.74, 6) is 0.130. The van der Waals surface area contributed by atoms with Gasteiger partial charge in [0.15, 0.2) is 5.75 Å². The summed E-state index contributed by atoms with van der Waals surface area (Å²) in [4.78, 5) is 11.2. The number of nitrogens with one attached hydrogen (secondary N) is 2. The van der Waals surface area contributed by atoms with Gasteiger partial charge in [0.05, 0.1) is 34.6 Å². The Hall–Kier alpha value is -3.44. The van der Waals surface area contributed by atoms with Crippen molar-refractivity contribution in [1.29, 1.82) is 0 Å². The Morgan fingerprint density at radius 2 is 2.00 bits per heavy atom. The monoisotopic (exact) mass is 460 g/mol. The lowest BCUT2D eigenvalue weighted by Crippen LogP contribution is -2.30. The molecule has 32 heavy (non-hydrogen) atoms. The summed E-state index contributed by atoms with van der Waals surface area (Å²) in [5.41, 5.74) is 1.56. The second-order valence-corrected chi connectivity index (χ2v) is 8.77. The van der Waals surface area contributed by atoms with Gasteiger partial charge in [-0.1, -0.05) is 25.1 Å². The van der Waals surface area contributed by atoms with Gasteiger partial charge in [-0.3, -0.25) is 15.2 Å². The first-order chi connectivity index (χ1) is 15.4. The Kier molecular flexibility index (Phi) is 7.44. The maximum Gasteiger partial charge on any atom is 0.322 e. The highest BCUT2D eigenvalue weighted by Gasteiger charge is 2.24. The predicted molar refractivity (Wildman–Crippen MR) is 122 cm³/mol. The van der Waals surface area contributed by atoms with Gasteiger partial charge in [-0.2, -0.15) is 5.10 Å². The van der Waals surface area contributed by atoms with Crippen LogP contribution in [0.15, 0.2) is 36.4 Å². The summed E-state index contributed by atoms with van der Waals surface area (Å²) in [6.45, 7) is 1.79. The molecule has 2 aromatic carbocycles. The van der Waals surface area contributed by atoms with E-state index in [1.165, 1.54) is 7.11 Å². The first-order valence-corrected chi connectivity index (χ1v) is 11.6. The van der Waals surface area contributed by atoms with Crippen LogP contribution in [0.1, 0.15) is 24.6 Å². The van der Waals surface area contributed by atoms with Crippen molar-refractivity contribution in [1.82, 2.24) is 14.9 Å². The molecule has 3 rings (SSSR count). The number of nitrogens with zero attached hydrogens (tertiary/aromatic N) is 2. The smallest absolute Gasteiger partial charge is 0.322 e. The molecule has 0 aliphatic carbocycles. The second-order valence-electron chi connectivity index (χ2n) is 6.84. The summed E-state index contributed by atoms with van der Waals surface area (Å²) in [6.07, 6.45) is 3.77. The fourth-order valence-electron chi connectivity index (χ4n) is 3.18. The lowest BCUT2D eigenvalue weighted by molar-refractivity contribution is -0.386. The molecule has 1 aromatic heterocycles. The van der Waals surface area contributed by atoms with Crippen LogP contribution in [0.4, 0.5) is 5.69 Å². The maximum absolute atomic E-state index is 11.8. The Morgan fingerprint density at radius 1 is 1.22 bits per heavy atom. The molecule has 11 heteroatoms. The van der Waals surface area contributed by atoms with Crippen LogP contribution < -0.4 is 14.2 Å². The highest BCUT2D eigenvalue weighted by Crippen LogP contribution is 2.40. The fraction of sp³-hybridized carbons (Fsp3) is 0.286. The molecule has 0 saturated carbocycles. The van der Waals surface area contributed by atoms with Crippen LogP contribution in [0.3, 0.4) is 0 Å². The zero-order chi connectivity index (χ0) is 23.1. The van der Waals surface area contributed by atoms with Gasteiger partial charge in [-0.25, -0.2) is 13.1 Å². The average molecular weight is 461 g/mol. The van der Waals surface area contributed by atoms with Crippen molar-refractivity contribution in [3.05, 3.63) is 57.8 Å². The molecule has 0 spiro atoms. The number of rotatable bonds is 11. The third kappa shape index (κ3) is 5.42. The van der Waals surface area contributed by atoms with Gasteiger partial charge in [0.1, 0.15) is 6.61 Å². The Bertz CT molecular complexity index is 1240. The van der Waals surface area contributed by atoms with Crippen LogP contribution in [-0.4, -0.2) is 49.6 Å². The fourth-order valence-corrected chi connectivity index (χ4v) is 4.26. The van der Waals surface area contributed by atoms with Crippen LogP contribution in [0, 0.1) is 10.1 Å². The van der Waals surface area contributed by atoms with Gasteiger partial charge in [0.2, 0.25) is 15.8 Å². The molecular weight excluding hydrogens is 436 g/mol. The maximum atomic E-state index is 11.8. The van der Waals surface area contributed by atoms with E-state index in [4.69, 9.17) is 9.47 Å². The summed E-state index contributed by atoms with van der Waals surface area (Å²) in [5, 5.41) is 19.8. The summed E-state index contributed by atoms with van der Waals surface area (Å²) < 4.78 is 36.7. The molecule has 0 unspecified atom stereocenters. The quantitative estimate of drug-likeness (QED) is 0.254. The lowest BCUT2D eigenvalue weighted by atomic mass is 10.1. The Balaban J connectivity index is 1.82. The van der Waals surface area contributed by atoms with E-state index < -0.39 is 14.9 Å². The van der Waals surface area contributed by atoms with Crippen LogP contribution in [0.5, 0.6) is 11.5 Å². The number of nitro groups is 1. The number of hydrogen-bond donors (Lipinski definition) is 2. The van der Waals surface area contributed by atoms with Gasteiger partial charge >= 0.3 is 5.69 Å². The van der Waals surface area contributed by atoms with E-state index in [0.717, 1.165) is 10.9 Å². The van der Waals surface area contributed by atoms with Crippen molar-refractivity contribution in [3.63, 3.8) is 0 Å². The molecule has 1 heterocycles. The van der Waals surface area contributed by atoms with Gasteiger partial charge < -0.3 is 9.47 Å². The number of hydrogen-bond acceptors (Lipinski definition) is 7. The molecule has 0 amide bonds. The zero-order valence-electron chi connectivity index (χ0n) is 17.7. The molecule has 2 N–H and O–H groups in total. The number of H-pyrrole nitrogens is 1. The minimum Gasteiger partial charge on any atom is -0.488 e. The van der Waals surface area contributed by atoms with E-state index in [1.807, 2.05) is 24.3 Å². The highest BCUT2D eigenvalue weighted by molar-refractivity contribution is 7.89. The lowest BCUT2D eigenvalue weighted by Gasteiger charge is -2.12. The largest absolute Gasteiger partial charge is 0.488 e. The predicted octanol–water partition coefficient (Wildman–Crippen LogP) is 3.36. The van der Waals surface area contributed by atoms with Crippen molar-refractivity contribution in [2.75, 3.05) is 26.0 Å². The van der Waals surface area contributed by atoms with Crippen molar-refractivity contribution in [2.45, 2.75) is 13.3 Å². The first-order valence-electron chi connectivity index (χ1n) is 9.93. The van der Waals surface area contributed by atoms with Gasteiger partial charge in [0, 0.05) is 11.9 Å². The van der Waals surface area contributed by atoms with E-state index in [9.17, 15) is 18.5 Å². The van der Waals surface area contributed by atoms with Crippen molar-refractivity contribution in [3.8, 4) is 11.5 Å². The molecule has 0 saturated heterocycles. The first kappa shape index (κ1) is 23.2. The molecule has 0 aliphatic rings. The van der Waals surface area contributed by atoms with Gasteiger partial charge in [-0.15, -0.1) is 0 Å². The third-order valence-electron chi connectivity index (χ3n) is 4.59. The minimum absolute atomic E-state index is 0.00902. The van der Waals surface area contributed by atoms with E-state index in [2.05, 4.69) is 14.9 Å². The van der Waals surface area contributed by atoms with Crippen LogP contribution in [-0.2, 0) is 10.0 Å². The zero-order valence-corrected chi connectivity index (χ0v) is 18.5. The van der Waals surface area contributed by atoms with Crippen LogP contribution in [0.2, 0.25) is 0 Å². The molecule has 10 nitrogen and oxygen atoms in total. The number of para-hydroxylation sites is 1. The summed E-state index contributed by atoms with van der Waals surface area (Å²) >= 11 is 0. The normalized spacial score (nSPS) is 11.8. The summed E-state index contributed by atoms with van der Waals surface area (Å²) in [6, 6.07) is 10.7. The van der Waals surface area contributed by atoms with Crippen molar-refractivity contribution in [2.24, 2.45) is 0 Å². The van der Waals surface area contributed by atoms with E-state index in [-0.39, 0.29) is 36.1 Å². The molecule has 0 fully saturated rings. The number of aromatic amines is 1. The van der Waals surface area contributed by atoms with Gasteiger partial charge in [-0.05, 0) is 36.8 Å². The SMILES string of the molecule is CCCS(=O)(=O)NCCOc1ccc(/C=C/c2n[nH]c3ccccc23)c([N+](=O)[O-])c1OC. The number of ether oxygens (including phenoxy) is 2. The molecule has 0 bridgehead atoms. The topological polar surface area (TPSA) is 136 Å². The van der Waals surface area contributed by atoms with Crippen molar-refractivity contribution >= 4 is 38.8 Å². The Labute approximate surface area is 185 Å². The Morgan fingerprint density at radius 3 is 2.72 bits per heavy atom. The third-order valence-corrected chi connectivity index (χ3v) is 6.18. The van der Waals surface area contributed by atoms with Crippen molar-refractivity contribution < 1.29 is 22.8 Å². The minimum atomic E-state index is -3.36. The molecule has 0 aliphatic heterocycles. The number of aromatic nitrogens is 2. The van der Waals surface area contributed by atoms with E-state index in [0.29, 0.717) is 17.7 Å². The standard InChI is InChI=1S/C21H24N4O6S/c1-3-14-32(28,29)22-12-13-31-19-11-9-15(20(25(26)27)21(19)30-2)8-10-18-16-6-4-5-7-17(16)23-24-18/h4-11,22H,3,12-14H2,1-2H3,(H,23,24)/b10-8+. The van der Waals surface area contributed by atoms with Gasteiger partial charge in [0.25, 0.3) is 0 Å². The van der Waals surface area contributed by atoms with Crippen LogP contribution in [0.25, 0.3) is 23.1 Å². The molecular formula is C21H24N4O6S. The van der Waals surface area contributed by atoms with E-state index >= 15 is 0 Å². The summed E-state index contributed by atoms with van der Waals surface area (Å²) in [7, 11) is -2.05. The highest BCUT2D eigenvalue weighted by atomic mass is 32.2. The molecule has 3 aromatic rings. The van der Waals surface area contributed by atoms with E-state index in [1.54, 1.807) is 31.2 Å². The number of nitro benzene ring substituents is 1.